The fraction of sp³-hybridized carbons (Fsp3) is 1.00. The second kappa shape index (κ2) is 12.1. The van der Waals surface area contributed by atoms with E-state index in [4.69, 9.17) is 0 Å². The van der Waals surface area contributed by atoms with Crippen molar-refractivity contribution in [3.63, 3.8) is 0 Å². The summed E-state index contributed by atoms with van der Waals surface area (Å²) in [6, 6.07) is 0. The van der Waals surface area contributed by atoms with Gasteiger partial charge in [0.2, 0.25) is 0 Å². The molecular formula is C14H34I2N2. The van der Waals surface area contributed by atoms with Crippen LogP contribution in [0.5, 0.6) is 0 Å². The van der Waals surface area contributed by atoms with E-state index in [-0.39, 0.29) is 48.0 Å². The lowest BCUT2D eigenvalue weighted by atomic mass is 10.1. The molecule has 0 amide bonds. The normalized spacial score (nSPS) is 11.7. The van der Waals surface area contributed by atoms with Crippen molar-refractivity contribution < 1.29 is 56.9 Å². The van der Waals surface area contributed by atoms with Crippen molar-refractivity contribution in [3.8, 4) is 0 Å². The molecule has 4 heteroatoms. The smallest absolute Gasteiger partial charge is 0.0780 e. The zero-order valence-corrected chi connectivity index (χ0v) is 17.6. The average molecular weight is 484 g/mol. The molecule has 0 aromatic heterocycles. The van der Waals surface area contributed by atoms with E-state index < -0.39 is 0 Å². The minimum absolute atomic E-state index is 0. The largest absolute Gasteiger partial charge is 1.00 e. The third-order valence-corrected chi connectivity index (χ3v) is 2.91. The number of hydrogen-bond donors (Lipinski definition) is 0. The average Bonchev–Trinajstić information content (AvgIpc) is 2.06. The fourth-order valence-corrected chi connectivity index (χ4v) is 1.88. The number of halogens is 2. The summed E-state index contributed by atoms with van der Waals surface area (Å²) in [6.07, 6.45) is 8.46. The van der Waals surface area contributed by atoms with Crippen LogP contribution in [0.2, 0.25) is 0 Å². The minimum Gasteiger partial charge on any atom is -1.00 e. The van der Waals surface area contributed by atoms with E-state index in [0.717, 1.165) is 8.97 Å². The van der Waals surface area contributed by atoms with Crippen molar-refractivity contribution in [1.29, 1.82) is 0 Å². The van der Waals surface area contributed by atoms with E-state index in [9.17, 15) is 0 Å². The Morgan fingerprint density at radius 1 is 0.444 bits per heavy atom. The molecule has 2 nitrogen and oxygen atoms in total. The molecule has 0 aromatic carbocycles. The van der Waals surface area contributed by atoms with Crippen LogP contribution in [0.25, 0.3) is 0 Å². The van der Waals surface area contributed by atoms with Gasteiger partial charge in [0, 0.05) is 0 Å². The van der Waals surface area contributed by atoms with Gasteiger partial charge in [-0.2, -0.15) is 0 Å². The maximum Gasteiger partial charge on any atom is 0.0780 e. The Labute approximate surface area is 150 Å². The molecule has 0 saturated heterocycles. The molecule has 0 spiro atoms. The van der Waals surface area contributed by atoms with Gasteiger partial charge in [0.25, 0.3) is 0 Å². The van der Waals surface area contributed by atoms with Gasteiger partial charge in [-0.1, -0.05) is 12.8 Å². The Morgan fingerprint density at radius 2 is 0.667 bits per heavy atom. The molecule has 0 heterocycles. The summed E-state index contributed by atoms with van der Waals surface area (Å²) < 4.78 is 2.23. The van der Waals surface area contributed by atoms with Crippen LogP contribution < -0.4 is 48.0 Å². The molecule has 0 N–H and O–H groups in total. The van der Waals surface area contributed by atoms with Crippen LogP contribution in [0.15, 0.2) is 0 Å². The number of quaternary nitrogens is 2. The van der Waals surface area contributed by atoms with Gasteiger partial charge in [-0.3, -0.25) is 0 Å². The summed E-state index contributed by atoms with van der Waals surface area (Å²) in [5.41, 5.74) is 0. The molecule has 0 radical (unpaired) electrons. The van der Waals surface area contributed by atoms with Crippen LogP contribution in [0.1, 0.15) is 38.5 Å². The summed E-state index contributed by atoms with van der Waals surface area (Å²) >= 11 is 0. The molecule has 0 fully saturated rings. The Kier molecular flexibility index (Phi) is 16.5. The Bertz CT molecular complexity index is 152. The first kappa shape index (κ1) is 24.4. The Hall–Kier alpha value is 1.38. The van der Waals surface area contributed by atoms with Gasteiger partial charge in [-0.25, -0.2) is 0 Å². The number of hydrogen-bond acceptors (Lipinski definition) is 0. The minimum atomic E-state index is 0. The van der Waals surface area contributed by atoms with E-state index in [1.54, 1.807) is 0 Å². The zero-order chi connectivity index (χ0) is 12.7. The SMILES string of the molecule is C[N+](C)(C)CCCCCCCC[N+](C)(C)C.[I-].[I-]. The van der Waals surface area contributed by atoms with E-state index in [0.29, 0.717) is 0 Å². The summed E-state index contributed by atoms with van der Waals surface area (Å²) in [5.74, 6) is 0. The predicted octanol–water partition coefficient (Wildman–Crippen LogP) is -3.25. The van der Waals surface area contributed by atoms with Crippen LogP contribution in [0.3, 0.4) is 0 Å². The van der Waals surface area contributed by atoms with E-state index in [2.05, 4.69) is 42.3 Å². The molecular weight excluding hydrogens is 450 g/mol. The first-order valence-electron chi connectivity index (χ1n) is 6.82. The lowest BCUT2D eigenvalue weighted by molar-refractivity contribution is -0.870. The third kappa shape index (κ3) is 22.6. The molecule has 0 unspecified atom stereocenters. The highest BCUT2D eigenvalue weighted by Crippen LogP contribution is 2.08. The first-order valence-corrected chi connectivity index (χ1v) is 6.82. The van der Waals surface area contributed by atoms with E-state index in [1.165, 1.54) is 51.6 Å². The van der Waals surface area contributed by atoms with Crippen molar-refractivity contribution in [2.45, 2.75) is 38.5 Å². The zero-order valence-electron chi connectivity index (χ0n) is 13.3. The highest BCUT2D eigenvalue weighted by Gasteiger charge is 2.06. The molecule has 0 atom stereocenters. The van der Waals surface area contributed by atoms with Crippen molar-refractivity contribution in [2.24, 2.45) is 0 Å². The predicted molar refractivity (Wildman–Crippen MR) is 73.5 cm³/mol. The van der Waals surface area contributed by atoms with Gasteiger partial charge in [0.1, 0.15) is 0 Å². The highest BCUT2D eigenvalue weighted by molar-refractivity contribution is 4.45. The summed E-state index contributed by atoms with van der Waals surface area (Å²) in [6.45, 7) is 2.64. The van der Waals surface area contributed by atoms with Gasteiger partial charge in [0.15, 0.2) is 0 Å². The second-order valence-corrected chi connectivity index (χ2v) is 7.15. The van der Waals surface area contributed by atoms with Crippen LogP contribution in [-0.2, 0) is 0 Å². The van der Waals surface area contributed by atoms with Gasteiger partial charge in [-0.15, -0.1) is 0 Å². The van der Waals surface area contributed by atoms with Crippen LogP contribution >= 0.6 is 0 Å². The number of unbranched alkanes of at least 4 members (excludes halogenated alkanes) is 5. The van der Waals surface area contributed by atoms with Crippen LogP contribution in [-0.4, -0.2) is 64.3 Å². The monoisotopic (exact) mass is 484 g/mol. The van der Waals surface area contributed by atoms with Gasteiger partial charge >= 0.3 is 0 Å². The molecule has 0 bridgehead atoms. The summed E-state index contributed by atoms with van der Waals surface area (Å²) in [7, 11) is 13.7. The first-order chi connectivity index (χ1) is 7.21. The molecule has 114 valence electrons. The molecule has 0 rings (SSSR count). The van der Waals surface area contributed by atoms with Gasteiger partial charge in [0.05, 0.1) is 55.4 Å². The molecule has 0 saturated carbocycles. The number of rotatable bonds is 9. The highest BCUT2D eigenvalue weighted by atomic mass is 127. The Morgan fingerprint density at radius 3 is 0.889 bits per heavy atom. The number of nitrogens with zero attached hydrogens (tertiary/aromatic N) is 2. The molecule has 0 aromatic rings. The standard InChI is InChI=1S/C14H34N2.2HI/c1-15(2,3)13-11-9-7-8-10-12-14-16(4,5)6;;/h7-14H2,1-6H3;2*1H/q+2;;/p-2. The molecule has 0 aliphatic heterocycles. The topological polar surface area (TPSA) is 0 Å². The van der Waals surface area contributed by atoms with E-state index >= 15 is 0 Å². The fourth-order valence-electron chi connectivity index (χ4n) is 1.88. The second-order valence-electron chi connectivity index (χ2n) is 7.15. The van der Waals surface area contributed by atoms with Gasteiger partial charge in [-0.05, 0) is 25.7 Å². The molecule has 18 heavy (non-hydrogen) atoms. The van der Waals surface area contributed by atoms with Crippen LogP contribution in [0.4, 0.5) is 0 Å². The lowest BCUT2D eigenvalue weighted by Gasteiger charge is -2.24. The van der Waals surface area contributed by atoms with Crippen molar-refractivity contribution >= 4 is 0 Å². The van der Waals surface area contributed by atoms with E-state index in [1.807, 2.05) is 0 Å². The van der Waals surface area contributed by atoms with Crippen LogP contribution in [0, 0.1) is 0 Å². The molecule has 0 aliphatic carbocycles. The summed E-state index contributed by atoms with van der Waals surface area (Å²) in [4.78, 5) is 0. The third-order valence-electron chi connectivity index (χ3n) is 2.91. The van der Waals surface area contributed by atoms with Crippen molar-refractivity contribution in [3.05, 3.63) is 0 Å². The quantitative estimate of drug-likeness (QED) is 0.183. The molecule has 0 aliphatic rings. The Balaban J connectivity index is -0.00000112. The van der Waals surface area contributed by atoms with Crippen molar-refractivity contribution in [1.82, 2.24) is 0 Å². The summed E-state index contributed by atoms with van der Waals surface area (Å²) in [5, 5.41) is 0. The lowest BCUT2D eigenvalue weighted by Crippen LogP contribution is -3.00. The van der Waals surface area contributed by atoms with Crippen molar-refractivity contribution in [2.75, 3.05) is 55.4 Å². The van der Waals surface area contributed by atoms with Gasteiger partial charge < -0.3 is 56.9 Å². The maximum atomic E-state index is 2.28. The maximum absolute atomic E-state index is 2.28.